The van der Waals surface area contributed by atoms with Crippen molar-refractivity contribution < 1.29 is 19.2 Å². The molecule has 0 radical (unpaired) electrons. The van der Waals surface area contributed by atoms with Crippen molar-refractivity contribution in [2.45, 2.75) is 38.1 Å². The van der Waals surface area contributed by atoms with Gasteiger partial charge in [-0.15, -0.1) is 0 Å². The molecular weight excluding hydrogens is 302 g/mol. The lowest BCUT2D eigenvalue weighted by Crippen LogP contribution is -2.38. The summed E-state index contributed by atoms with van der Waals surface area (Å²) in [6.45, 7) is -0.433. The SMILES string of the molecule is Nc1ccc([N+](=O)[O-])cc1C(=O)OCC(=O)NC1CCCCC1. The molecule has 2 rings (SSSR count). The number of carbonyl (C=O) groups excluding carboxylic acids is 2. The van der Waals surface area contributed by atoms with E-state index in [1.54, 1.807) is 0 Å². The molecule has 0 unspecified atom stereocenters. The Morgan fingerprint density at radius 2 is 2.00 bits per heavy atom. The van der Waals surface area contributed by atoms with E-state index in [0.717, 1.165) is 31.7 Å². The fourth-order valence-corrected chi connectivity index (χ4v) is 2.56. The molecule has 8 nitrogen and oxygen atoms in total. The number of nitro benzene ring substituents is 1. The summed E-state index contributed by atoms with van der Waals surface area (Å²) in [7, 11) is 0. The van der Waals surface area contributed by atoms with Crippen LogP contribution in [-0.2, 0) is 9.53 Å². The van der Waals surface area contributed by atoms with Gasteiger partial charge in [-0.1, -0.05) is 19.3 Å². The van der Waals surface area contributed by atoms with Crippen LogP contribution >= 0.6 is 0 Å². The highest BCUT2D eigenvalue weighted by Gasteiger charge is 2.19. The molecule has 1 aliphatic carbocycles. The van der Waals surface area contributed by atoms with Gasteiger partial charge >= 0.3 is 5.97 Å². The zero-order valence-corrected chi connectivity index (χ0v) is 12.6. The third-order valence-electron chi connectivity index (χ3n) is 3.77. The normalized spacial score (nSPS) is 15.0. The monoisotopic (exact) mass is 321 g/mol. The first-order valence-electron chi connectivity index (χ1n) is 7.48. The lowest BCUT2D eigenvalue weighted by atomic mass is 9.95. The third-order valence-corrected chi connectivity index (χ3v) is 3.77. The van der Waals surface area contributed by atoms with Gasteiger partial charge in [-0.3, -0.25) is 14.9 Å². The number of non-ortho nitro benzene ring substituents is 1. The smallest absolute Gasteiger partial charge is 0.341 e. The standard InChI is InChI=1S/C15H19N3O5/c16-13-7-6-11(18(21)22)8-12(13)15(20)23-9-14(19)17-10-4-2-1-3-5-10/h6-8,10H,1-5,9,16H2,(H,17,19). The van der Waals surface area contributed by atoms with Crippen LogP contribution in [0, 0.1) is 10.1 Å². The van der Waals surface area contributed by atoms with Crippen LogP contribution < -0.4 is 11.1 Å². The Kier molecular flexibility index (Phi) is 5.51. The lowest BCUT2D eigenvalue weighted by Gasteiger charge is -2.22. The zero-order valence-electron chi connectivity index (χ0n) is 12.6. The summed E-state index contributed by atoms with van der Waals surface area (Å²) in [5.74, 6) is -1.24. The number of nitrogens with zero attached hydrogens (tertiary/aromatic N) is 1. The lowest BCUT2D eigenvalue weighted by molar-refractivity contribution is -0.384. The van der Waals surface area contributed by atoms with E-state index in [-0.39, 0.29) is 28.9 Å². The molecule has 0 bridgehead atoms. The second-order valence-corrected chi connectivity index (χ2v) is 5.51. The van der Waals surface area contributed by atoms with Crippen LogP contribution in [0.3, 0.4) is 0 Å². The van der Waals surface area contributed by atoms with E-state index < -0.39 is 17.5 Å². The second-order valence-electron chi connectivity index (χ2n) is 5.51. The highest BCUT2D eigenvalue weighted by Crippen LogP contribution is 2.20. The highest BCUT2D eigenvalue weighted by atomic mass is 16.6. The van der Waals surface area contributed by atoms with Crippen molar-refractivity contribution in [3.05, 3.63) is 33.9 Å². The van der Waals surface area contributed by atoms with Crippen LogP contribution in [0.1, 0.15) is 42.5 Å². The van der Waals surface area contributed by atoms with Crippen molar-refractivity contribution >= 4 is 23.3 Å². The van der Waals surface area contributed by atoms with E-state index in [1.165, 1.54) is 18.6 Å². The average molecular weight is 321 g/mol. The molecule has 1 amide bonds. The summed E-state index contributed by atoms with van der Waals surface area (Å²) in [5.41, 5.74) is 5.30. The number of nitro groups is 1. The van der Waals surface area contributed by atoms with Gasteiger partial charge in [0.05, 0.1) is 10.5 Å². The largest absolute Gasteiger partial charge is 0.452 e. The molecule has 1 aromatic rings. The minimum atomic E-state index is -0.856. The van der Waals surface area contributed by atoms with E-state index in [9.17, 15) is 19.7 Å². The molecule has 1 aromatic carbocycles. The summed E-state index contributed by atoms with van der Waals surface area (Å²) < 4.78 is 4.89. The van der Waals surface area contributed by atoms with Crippen molar-refractivity contribution in [2.75, 3.05) is 12.3 Å². The number of esters is 1. The number of anilines is 1. The zero-order chi connectivity index (χ0) is 16.8. The Balaban J connectivity index is 1.90. The van der Waals surface area contributed by atoms with Crippen LogP contribution in [0.4, 0.5) is 11.4 Å². The fourth-order valence-electron chi connectivity index (χ4n) is 2.56. The summed E-state index contributed by atoms with van der Waals surface area (Å²) in [4.78, 5) is 33.8. The van der Waals surface area contributed by atoms with Gasteiger partial charge in [0.2, 0.25) is 0 Å². The quantitative estimate of drug-likeness (QED) is 0.368. The molecule has 8 heteroatoms. The van der Waals surface area contributed by atoms with Gasteiger partial charge in [0, 0.05) is 23.9 Å². The van der Waals surface area contributed by atoms with Crippen molar-refractivity contribution in [1.29, 1.82) is 0 Å². The van der Waals surface area contributed by atoms with Gasteiger partial charge in [0.25, 0.3) is 11.6 Å². The van der Waals surface area contributed by atoms with Gasteiger partial charge in [-0.05, 0) is 18.9 Å². The summed E-state index contributed by atoms with van der Waals surface area (Å²) >= 11 is 0. The molecule has 1 fully saturated rings. The Morgan fingerprint density at radius 1 is 1.30 bits per heavy atom. The van der Waals surface area contributed by atoms with Crippen LogP contribution in [-0.4, -0.2) is 29.4 Å². The molecule has 0 saturated heterocycles. The van der Waals surface area contributed by atoms with E-state index in [2.05, 4.69) is 5.32 Å². The number of nitrogens with one attached hydrogen (secondary N) is 1. The van der Waals surface area contributed by atoms with Crippen LogP contribution in [0.25, 0.3) is 0 Å². The first kappa shape index (κ1) is 16.7. The molecule has 1 saturated carbocycles. The van der Waals surface area contributed by atoms with E-state index in [4.69, 9.17) is 10.5 Å². The molecule has 0 aromatic heterocycles. The fraction of sp³-hybridized carbons (Fsp3) is 0.467. The van der Waals surface area contributed by atoms with Gasteiger partial charge in [-0.2, -0.15) is 0 Å². The minimum Gasteiger partial charge on any atom is -0.452 e. The molecule has 3 N–H and O–H groups in total. The van der Waals surface area contributed by atoms with Gasteiger partial charge in [0.15, 0.2) is 6.61 Å². The third kappa shape index (κ3) is 4.67. The molecule has 1 aliphatic rings. The molecule has 23 heavy (non-hydrogen) atoms. The molecule has 124 valence electrons. The second kappa shape index (κ2) is 7.57. The predicted molar refractivity (Wildman–Crippen MR) is 82.8 cm³/mol. The molecule has 0 aliphatic heterocycles. The summed E-state index contributed by atoms with van der Waals surface area (Å²) in [5, 5.41) is 13.5. The average Bonchev–Trinajstić information content (AvgIpc) is 2.53. The van der Waals surface area contributed by atoms with E-state index in [1.807, 2.05) is 0 Å². The minimum absolute atomic E-state index is 0.0632. The topological polar surface area (TPSA) is 125 Å². The van der Waals surface area contributed by atoms with Gasteiger partial charge in [0.1, 0.15) is 0 Å². The maximum Gasteiger partial charge on any atom is 0.341 e. The Bertz CT molecular complexity index is 611. The number of amides is 1. The Labute approximate surface area is 133 Å². The van der Waals surface area contributed by atoms with Crippen molar-refractivity contribution in [1.82, 2.24) is 5.32 Å². The number of hydrogen-bond donors (Lipinski definition) is 2. The van der Waals surface area contributed by atoms with Crippen molar-refractivity contribution in [3.8, 4) is 0 Å². The Morgan fingerprint density at radius 3 is 2.65 bits per heavy atom. The number of hydrogen-bond acceptors (Lipinski definition) is 6. The van der Waals surface area contributed by atoms with Crippen molar-refractivity contribution in [3.63, 3.8) is 0 Å². The molecule has 0 atom stereocenters. The maximum atomic E-state index is 11.9. The molecule has 0 heterocycles. The predicted octanol–water partition coefficient (Wildman–Crippen LogP) is 1.78. The van der Waals surface area contributed by atoms with Crippen LogP contribution in [0.15, 0.2) is 18.2 Å². The number of ether oxygens (including phenoxy) is 1. The maximum absolute atomic E-state index is 11.9. The Hall–Kier alpha value is -2.64. The summed E-state index contributed by atoms with van der Waals surface area (Å²) in [6, 6.07) is 3.62. The molecular formula is C15H19N3O5. The number of carbonyl (C=O) groups is 2. The first-order valence-corrected chi connectivity index (χ1v) is 7.48. The number of rotatable bonds is 5. The van der Waals surface area contributed by atoms with Crippen LogP contribution in [0.5, 0.6) is 0 Å². The highest BCUT2D eigenvalue weighted by molar-refractivity contribution is 5.97. The number of nitrogen functional groups attached to an aromatic ring is 1. The van der Waals surface area contributed by atoms with Crippen LogP contribution in [0.2, 0.25) is 0 Å². The van der Waals surface area contributed by atoms with Gasteiger partial charge < -0.3 is 15.8 Å². The number of nitrogens with two attached hydrogens (primary N) is 1. The van der Waals surface area contributed by atoms with Gasteiger partial charge in [-0.25, -0.2) is 4.79 Å². The summed E-state index contributed by atoms with van der Waals surface area (Å²) in [6.07, 6.45) is 5.19. The number of benzene rings is 1. The van der Waals surface area contributed by atoms with E-state index >= 15 is 0 Å². The first-order chi connectivity index (χ1) is 11.0. The van der Waals surface area contributed by atoms with E-state index in [0.29, 0.717) is 0 Å². The van der Waals surface area contributed by atoms with Crippen molar-refractivity contribution in [2.24, 2.45) is 0 Å². The molecule has 0 spiro atoms.